The molecule has 0 bridgehead atoms. The minimum atomic E-state index is -0.606. The lowest BCUT2D eigenvalue weighted by atomic mass is 10.0. The highest BCUT2D eigenvalue weighted by Crippen LogP contribution is 2.29. The highest BCUT2D eigenvalue weighted by atomic mass is 35.5. The second-order valence-corrected chi connectivity index (χ2v) is 8.07. The van der Waals surface area contributed by atoms with Crippen molar-refractivity contribution in [3.63, 3.8) is 0 Å². The summed E-state index contributed by atoms with van der Waals surface area (Å²) in [4.78, 5) is 40.6. The molecule has 1 aliphatic rings. The van der Waals surface area contributed by atoms with Crippen LogP contribution in [-0.4, -0.2) is 67.4 Å². The maximum absolute atomic E-state index is 12.5. The minimum absolute atomic E-state index is 0.0207. The molecule has 2 heterocycles. The van der Waals surface area contributed by atoms with Crippen LogP contribution < -0.4 is 5.32 Å². The van der Waals surface area contributed by atoms with Crippen LogP contribution in [0.4, 0.5) is 0 Å². The van der Waals surface area contributed by atoms with Gasteiger partial charge in [0.2, 0.25) is 5.91 Å². The molecule has 1 aromatic carbocycles. The summed E-state index contributed by atoms with van der Waals surface area (Å²) < 4.78 is 5.00. The number of nitrogens with zero attached hydrogens (tertiary/aromatic N) is 2. The zero-order valence-electron chi connectivity index (χ0n) is 16.7. The third-order valence-corrected chi connectivity index (χ3v) is 6.09. The summed E-state index contributed by atoms with van der Waals surface area (Å²) in [5.41, 5.74) is 1.30. The van der Waals surface area contributed by atoms with Crippen LogP contribution in [-0.2, 0) is 14.3 Å². The van der Waals surface area contributed by atoms with Crippen molar-refractivity contribution in [1.29, 1.82) is 0 Å². The molecule has 1 N–H and O–H groups in total. The van der Waals surface area contributed by atoms with E-state index in [0.29, 0.717) is 42.3 Å². The quantitative estimate of drug-likeness (QED) is 0.657. The molecule has 2 aromatic rings. The molecule has 1 saturated heterocycles. The molecular weight excluding hydrogens is 426 g/mol. The van der Waals surface area contributed by atoms with E-state index in [-0.39, 0.29) is 30.7 Å². The molecule has 0 unspecified atom stereocenters. The van der Waals surface area contributed by atoms with Crippen LogP contribution in [0.15, 0.2) is 41.1 Å². The van der Waals surface area contributed by atoms with Crippen molar-refractivity contribution in [1.82, 2.24) is 15.1 Å². The summed E-state index contributed by atoms with van der Waals surface area (Å²) in [6.45, 7) is 2.33. The number of rotatable bonds is 7. The third-order valence-electron chi connectivity index (χ3n) is 5.06. The van der Waals surface area contributed by atoms with Gasteiger partial charge in [0, 0.05) is 55.1 Å². The zero-order chi connectivity index (χ0) is 21.5. The van der Waals surface area contributed by atoms with Gasteiger partial charge < -0.3 is 15.0 Å². The molecule has 0 radical (unpaired) electrons. The van der Waals surface area contributed by atoms with Gasteiger partial charge in [-0.1, -0.05) is 29.8 Å². The molecule has 0 aliphatic carbocycles. The van der Waals surface area contributed by atoms with E-state index in [1.54, 1.807) is 22.4 Å². The minimum Gasteiger partial charge on any atom is -0.468 e. The number of carbonyl (C=O) groups is 3. The SMILES string of the molecule is COC(=O)[C@@H](c1ccccc1Cl)N1CCN(C(=O)CCNC(=O)c2ccsc2)CC1. The fourth-order valence-electron chi connectivity index (χ4n) is 3.45. The van der Waals surface area contributed by atoms with E-state index in [2.05, 4.69) is 5.32 Å². The van der Waals surface area contributed by atoms with Gasteiger partial charge in [0.15, 0.2) is 0 Å². The summed E-state index contributed by atoms with van der Waals surface area (Å²) in [6, 6.07) is 8.35. The lowest BCUT2D eigenvalue weighted by molar-refractivity contribution is -0.148. The van der Waals surface area contributed by atoms with Crippen molar-refractivity contribution < 1.29 is 19.1 Å². The van der Waals surface area contributed by atoms with Crippen LogP contribution in [0.1, 0.15) is 28.4 Å². The monoisotopic (exact) mass is 449 g/mol. The number of hydrogen-bond donors (Lipinski definition) is 1. The van der Waals surface area contributed by atoms with Gasteiger partial charge in [-0.3, -0.25) is 14.5 Å². The van der Waals surface area contributed by atoms with E-state index in [1.165, 1.54) is 18.4 Å². The Balaban J connectivity index is 1.52. The Morgan fingerprint density at radius 1 is 1.17 bits per heavy atom. The number of methoxy groups -OCH3 is 1. The number of thiophene rings is 1. The topological polar surface area (TPSA) is 79.0 Å². The van der Waals surface area contributed by atoms with Crippen LogP contribution in [0.3, 0.4) is 0 Å². The molecule has 1 atom stereocenters. The van der Waals surface area contributed by atoms with E-state index in [9.17, 15) is 14.4 Å². The Morgan fingerprint density at radius 2 is 1.90 bits per heavy atom. The van der Waals surface area contributed by atoms with Crippen LogP contribution in [0.25, 0.3) is 0 Å². The zero-order valence-corrected chi connectivity index (χ0v) is 18.2. The number of piperazine rings is 1. The highest BCUT2D eigenvalue weighted by Gasteiger charge is 2.33. The number of esters is 1. The van der Waals surface area contributed by atoms with E-state index >= 15 is 0 Å². The normalized spacial score (nSPS) is 15.5. The number of carbonyl (C=O) groups excluding carboxylic acids is 3. The molecule has 1 aromatic heterocycles. The molecular formula is C21H24ClN3O4S. The van der Waals surface area contributed by atoms with E-state index in [1.807, 2.05) is 28.5 Å². The highest BCUT2D eigenvalue weighted by molar-refractivity contribution is 7.08. The standard InChI is InChI=1S/C21H24ClN3O4S/c1-29-21(28)19(16-4-2-3-5-17(16)22)25-11-9-24(10-12-25)18(26)6-8-23-20(27)15-7-13-30-14-15/h2-5,7,13-14,19H,6,8-12H2,1H3,(H,23,27)/t19-/m1/s1. The average molecular weight is 450 g/mol. The molecule has 3 rings (SSSR count). The fraction of sp³-hybridized carbons (Fsp3) is 0.381. The molecule has 7 nitrogen and oxygen atoms in total. The molecule has 2 amide bonds. The second-order valence-electron chi connectivity index (χ2n) is 6.88. The lowest BCUT2D eigenvalue weighted by Crippen LogP contribution is -2.51. The van der Waals surface area contributed by atoms with E-state index in [0.717, 1.165) is 0 Å². The summed E-state index contributed by atoms with van der Waals surface area (Å²) in [7, 11) is 1.36. The van der Waals surface area contributed by atoms with Gasteiger partial charge in [-0.15, -0.1) is 0 Å². The van der Waals surface area contributed by atoms with Gasteiger partial charge in [-0.25, -0.2) is 4.79 Å². The smallest absolute Gasteiger partial charge is 0.327 e. The van der Waals surface area contributed by atoms with E-state index in [4.69, 9.17) is 16.3 Å². The van der Waals surface area contributed by atoms with Crippen molar-refractivity contribution in [3.8, 4) is 0 Å². The van der Waals surface area contributed by atoms with Gasteiger partial charge in [0.05, 0.1) is 7.11 Å². The molecule has 0 spiro atoms. The van der Waals surface area contributed by atoms with Crippen molar-refractivity contribution in [2.24, 2.45) is 0 Å². The summed E-state index contributed by atoms with van der Waals surface area (Å²) >= 11 is 7.76. The molecule has 30 heavy (non-hydrogen) atoms. The number of amides is 2. The number of benzene rings is 1. The van der Waals surface area contributed by atoms with Crippen molar-refractivity contribution in [2.45, 2.75) is 12.5 Å². The Bertz CT molecular complexity index is 882. The number of halogens is 1. The Hall–Kier alpha value is -2.42. The van der Waals surface area contributed by atoms with Gasteiger partial charge in [-0.05, 0) is 23.1 Å². The molecule has 0 saturated carbocycles. The van der Waals surface area contributed by atoms with Gasteiger partial charge in [0.1, 0.15) is 6.04 Å². The summed E-state index contributed by atoms with van der Waals surface area (Å²) in [5, 5.41) is 6.88. The third kappa shape index (κ3) is 5.38. The molecule has 160 valence electrons. The maximum Gasteiger partial charge on any atom is 0.327 e. The lowest BCUT2D eigenvalue weighted by Gasteiger charge is -2.38. The Kier molecular flexibility index (Phi) is 7.84. The summed E-state index contributed by atoms with van der Waals surface area (Å²) in [5.74, 6) is -0.568. The maximum atomic E-state index is 12.5. The molecule has 1 fully saturated rings. The number of ether oxygens (including phenoxy) is 1. The first-order chi connectivity index (χ1) is 14.5. The van der Waals surface area contributed by atoms with Crippen LogP contribution in [0.5, 0.6) is 0 Å². The number of nitrogens with one attached hydrogen (secondary N) is 1. The number of hydrogen-bond acceptors (Lipinski definition) is 6. The van der Waals surface area contributed by atoms with E-state index < -0.39 is 6.04 Å². The second kappa shape index (κ2) is 10.6. The van der Waals surface area contributed by atoms with Gasteiger partial charge in [0.25, 0.3) is 5.91 Å². The predicted molar refractivity (Wildman–Crippen MR) is 116 cm³/mol. The predicted octanol–water partition coefficient (Wildman–Crippen LogP) is 2.58. The van der Waals surface area contributed by atoms with Crippen molar-refractivity contribution in [2.75, 3.05) is 39.8 Å². The fourth-order valence-corrected chi connectivity index (χ4v) is 4.32. The van der Waals surface area contributed by atoms with Crippen LogP contribution in [0, 0.1) is 0 Å². The Labute approximate surface area is 184 Å². The first kappa shape index (κ1) is 22.3. The van der Waals surface area contributed by atoms with Crippen LogP contribution >= 0.6 is 22.9 Å². The average Bonchev–Trinajstić information content (AvgIpc) is 3.30. The summed E-state index contributed by atoms with van der Waals surface area (Å²) in [6.07, 6.45) is 0.237. The van der Waals surface area contributed by atoms with Crippen LogP contribution in [0.2, 0.25) is 5.02 Å². The first-order valence-corrected chi connectivity index (χ1v) is 11.0. The van der Waals surface area contributed by atoms with Gasteiger partial charge in [-0.2, -0.15) is 11.3 Å². The van der Waals surface area contributed by atoms with Gasteiger partial charge >= 0.3 is 5.97 Å². The first-order valence-electron chi connectivity index (χ1n) is 9.65. The molecule has 1 aliphatic heterocycles. The molecule has 9 heteroatoms. The largest absolute Gasteiger partial charge is 0.468 e. The van der Waals surface area contributed by atoms with Crippen molar-refractivity contribution in [3.05, 3.63) is 57.2 Å². The van der Waals surface area contributed by atoms with Crippen molar-refractivity contribution >= 4 is 40.7 Å². The Morgan fingerprint density at radius 3 is 2.53 bits per heavy atom.